The number of rotatable bonds is 3. The molecule has 0 unspecified atom stereocenters. The third-order valence-electron chi connectivity index (χ3n) is 4.22. The summed E-state index contributed by atoms with van der Waals surface area (Å²) in [5.41, 5.74) is -1.46. The minimum Gasteiger partial charge on any atom is -0.414 e. The van der Waals surface area contributed by atoms with Crippen LogP contribution in [0.25, 0.3) is 0 Å². The lowest BCUT2D eigenvalue weighted by Crippen LogP contribution is -2.48. The van der Waals surface area contributed by atoms with Crippen molar-refractivity contribution in [2.75, 3.05) is 13.1 Å². The van der Waals surface area contributed by atoms with Crippen molar-refractivity contribution in [3.05, 3.63) is 48.2 Å². The largest absolute Gasteiger partial charge is 0.416 e. The number of carbonyl (C=O) groups is 1. The Morgan fingerprint density at radius 2 is 2.04 bits per heavy atom. The SMILES string of the molecule is C=CON1CCC2(CC1)N=C(c1cccc(C(F)(F)F)c1)NC2=O. The van der Waals surface area contributed by atoms with Crippen LogP contribution in [-0.4, -0.2) is 35.4 Å². The van der Waals surface area contributed by atoms with Crippen LogP contribution in [0.15, 0.2) is 42.1 Å². The van der Waals surface area contributed by atoms with Crippen LogP contribution < -0.4 is 5.32 Å². The van der Waals surface area contributed by atoms with Crippen molar-refractivity contribution in [2.24, 2.45) is 4.99 Å². The maximum absolute atomic E-state index is 12.8. The summed E-state index contributed by atoms with van der Waals surface area (Å²) in [4.78, 5) is 22.0. The molecule has 2 heterocycles. The van der Waals surface area contributed by atoms with Gasteiger partial charge in [-0.25, -0.2) is 0 Å². The van der Waals surface area contributed by atoms with Gasteiger partial charge in [0.25, 0.3) is 5.91 Å². The Kier molecular flexibility index (Phi) is 4.08. The molecule has 0 aromatic heterocycles. The molecule has 2 aliphatic heterocycles. The van der Waals surface area contributed by atoms with Crippen molar-refractivity contribution in [1.29, 1.82) is 0 Å². The summed E-state index contributed by atoms with van der Waals surface area (Å²) in [5.74, 6) is -0.0997. The Hall–Kier alpha value is -2.35. The maximum Gasteiger partial charge on any atom is 0.416 e. The zero-order valence-corrected chi connectivity index (χ0v) is 12.8. The molecule has 3 rings (SSSR count). The Balaban J connectivity index is 1.84. The van der Waals surface area contributed by atoms with Crippen molar-refractivity contribution in [1.82, 2.24) is 10.4 Å². The van der Waals surface area contributed by atoms with E-state index in [2.05, 4.69) is 16.9 Å². The molecule has 24 heavy (non-hydrogen) atoms. The molecule has 1 aromatic rings. The summed E-state index contributed by atoms with van der Waals surface area (Å²) in [6, 6.07) is 4.79. The molecule has 0 bridgehead atoms. The van der Waals surface area contributed by atoms with Gasteiger partial charge in [0, 0.05) is 18.7 Å². The number of hydrogen-bond donors (Lipinski definition) is 1. The molecule has 2 aliphatic rings. The van der Waals surface area contributed by atoms with E-state index in [0.29, 0.717) is 25.9 Å². The first kappa shape index (κ1) is 16.5. The van der Waals surface area contributed by atoms with E-state index in [-0.39, 0.29) is 17.3 Å². The predicted molar refractivity (Wildman–Crippen MR) is 80.9 cm³/mol. The summed E-state index contributed by atoms with van der Waals surface area (Å²) in [6.07, 6.45) is -2.28. The topological polar surface area (TPSA) is 53.9 Å². The van der Waals surface area contributed by atoms with Gasteiger partial charge in [0.2, 0.25) is 0 Å². The number of benzene rings is 1. The summed E-state index contributed by atoms with van der Waals surface area (Å²) in [5, 5.41) is 4.29. The molecule has 0 radical (unpaired) electrons. The lowest BCUT2D eigenvalue weighted by molar-refractivity contribution is -0.140. The van der Waals surface area contributed by atoms with E-state index < -0.39 is 17.3 Å². The standard InChI is InChI=1S/C16H16F3N3O2/c1-2-24-22-8-6-15(7-9-22)14(23)20-13(21-15)11-4-3-5-12(10-11)16(17,18)19/h2-5,10H,1,6-9H2,(H,20,21,23). The van der Waals surface area contributed by atoms with Gasteiger partial charge in [0.15, 0.2) is 0 Å². The quantitative estimate of drug-likeness (QED) is 0.861. The lowest BCUT2D eigenvalue weighted by Gasteiger charge is -2.33. The van der Waals surface area contributed by atoms with Crippen LogP contribution >= 0.6 is 0 Å². The first-order valence-electron chi connectivity index (χ1n) is 7.46. The third kappa shape index (κ3) is 3.01. The summed E-state index contributed by atoms with van der Waals surface area (Å²) < 4.78 is 38.5. The highest BCUT2D eigenvalue weighted by atomic mass is 19.4. The van der Waals surface area contributed by atoms with Crippen molar-refractivity contribution >= 4 is 11.7 Å². The number of amides is 1. The van der Waals surface area contributed by atoms with E-state index in [1.165, 1.54) is 18.4 Å². The molecule has 1 saturated heterocycles. The predicted octanol–water partition coefficient (Wildman–Crippen LogP) is 2.49. The zero-order chi connectivity index (χ0) is 17.4. The number of amidine groups is 1. The fourth-order valence-electron chi connectivity index (χ4n) is 2.90. The smallest absolute Gasteiger partial charge is 0.414 e. The Morgan fingerprint density at radius 1 is 1.33 bits per heavy atom. The summed E-state index contributed by atoms with van der Waals surface area (Å²) in [7, 11) is 0. The van der Waals surface area contributed by atoms with Gasteiger partial charge < -0.3 is 10.2 Å². The molecular formula is C16H16F3N3O2. The first-order valence-corrected chi connectivity index (χ1v) is 7.46. The highest BCUT2D eigenvalue weighted by molar-refractivity contribution is 6.15. The molecule has 1 amide bonds. The van der Waals surface area contributed by atoms with Crippen molar-refractivity contribution < 1.29 is 22.8 Å². The Labute approximate surface area is 136 Å². The first-order chi connectivity index (χ1) is 11.3. The van der Waals surface area contributed by atoms with E-state index in [0.717, 1.165) is 12.1 Å². The van der Waals surface area contributed by atoms with Crippen LogP contribution in [-0.2, 0) is 15.8 Å². The van der Waals surface area contributed by atoms with Crippen LogP contribution in [0.1, 0.15) is 24.0 Å². The van der Waals surface area contributed by atoms with Crippen molar-refractivity contribution in [2.45, 2.75) is 24.6 Å². The van der Waals surface area contributed by atoms with Crippen molar-refractivity contribution in [3.8, 4) is 0 Å². The minimum atomic E-state index is -4.44. The van der Waals surface area contributed by atoms with E-state index in [9.17, 15) is 18.0 Å². The second-order valence-electron chi connectivity index (χ2n) is 5.73. The average molecular weight is 339 g/mol. The molecule has 0 saturated carbocycles. The lowest BCUT2D eigenvalue weighted by atomic mass is 9.89. The molecule has 8 heteroatoms. The fraction of sp³-hybridized carbons (Fsp3) is 0.375. The van der Waals surface area contributed by atoms with Gasteiger partial charge in [-0.15, -0.1) is 5.06 Å². The fourth-order valence-corrected chi connectivity index (χ4v) is 2.90. The second kappa shape index (κ2) is 5.94. The number of hydrogen-bond acceptors (Lipinski definition) is 4. The number of aliphatic imine (C=N–C) groups is 1. The molecule has 1 spiro atoms. The van der Waals surface area contributed by atoms with Crippen LogP contribution in [0.2, 0.25) is 0 Å². The van der Waals surface area contributed by atoms with Gasteiger partial charge in [-0.05, 0) is 25.0 Å². The van der Waals surface area contributed by atoms with Gasteiger partial charge in [0.1, 0.15) is 17.6 Å². The second-order valence-corrected chi connectivity index (χ2v) is 5.73. The van der Waals surface area contributed by atoms with Gasteiger partial charge in [0.05, 0.1) is 5.56 Å². The van der Waals surface area contributed by atoms with E-state index >= 15 is 0 Å². The molecule has 5 nitrogen and oxygen atoms in total. The van der Waals surface area contributed by atoms with Crippen LogP contribution in [0, 0.1) is 0 Å². The molecule has 128 valence electrons. The number of halogens is 3. The molecule has 0 aliphatic carbocycles. The third-order valence-corrected chi connectivity index (χ3v) is 4.22. The number of nitrogens with one attached hydrogen (secondary N) is 1. The van der Waals surface area contributed by atoms with E-state index in [4.69, 9.17) is 4.84 Å². The zero-order valence-electron chi connectivity index (χ0n) is 12.8. The van der Waals surface area contributed by atoms with Crippen LogP contribution in [0.4, 0.5) is 13.2 Å². The highest BCUT2D eigenvalue weighted by Crippen LogP contribution is 2.33. The molecule has 1 N–H and O–H groups in total. The number of hydroxylamine groups is 2. The highest BCUT2D eigenvalue weighted by Gasteiger charge is 2.46. The Morgan fingerprint density at radius 3 is 2.67 bits per heavy atom. The van der Waals surface area contributed by atoms with Crippen LogP contribution in [0.3, 0.4) is 0 Å². The number of alkyl halides is 3. The minimum absolute atomic E-state index is 0.184. The molecule has 1 aromatic carbocycles. The summed E-state index contributed by atoms with van der Waals surface area (Å²) in [6.45, 7) is 4.45. The average Bonchev–Trinajstić information content (AvgIpc) is 2.86. The monoisotopic (exact) mass is 339 g/mol. The van der Waals surface area contributed by atoms with Crippen molar-refractivity contribution in [3.63, 3.8) is 0 Å². The number of carbonyl (C=O) groups excluding carboxylic acids is 1. The Bertz CT molecular complexity index is 692. The van der Waals surface area contributed by atoms with E-state index in [1.54, 1.807) is 5.06 Å². The van der Waals surface area contributed by atoms with Gasteiger partial charge in [-0.2, -0.15) is 13.2 Å². The maximum atomic E-state index is 12.8. The van der Waals surface area contributed by atoms with E-state index in [1.807, 2.05) is 0 Å². The van der Waals surface area contributed by atoms with Crippen LogP contribution in [0.5, 0.6) is 0 Å². The number of nitrogens with zero attached hydrogens (tertiary/aromatic N) is 2. The van der Waals surface area contributed by atoms with Gasteiger partial charge in [-0.3, -0.25) is 9.79 Å². The van der Waals surface area contributed by atoms with Gasteiger partial charge in [-0.1, -0.05) is 18.7 Å². The molecular weight excluding hydrogens is 323 g/mol. The number of piperidine rings is 1. The van der Waals surface area contributed by atoms with Gasteiger partial charge >= 0.3 is 6.18 Å². The molecule has 0 atom stereocenters. The summed E-state index contributed by atoms with van der Waals surface area (Å²) >= 11 is 0. The normalized spacial score (nSPS) is 20.6. The molecule has 1 fully saturated rings.